The zero-order valence-electron chi connectivity index (χ0n) is 38.6. The number of hydrogen-bond acceptors (Lipinski definition) is 13. The summed E-state index contributed by atoms with van der Waals surface area (Å²) in [4.78, 5) is 38.3. The zero-order valence-corrected chi connectivity index (χ0v) is 42.7. The molecule has 366 valence electrons. The number of carbonyl (C=O) groups excluding carboxylic acids is 2. The van der Waals surface area contributed by atoms with Gasteiger partial charge in [0.25, 0.3) is 0 Å². The smallest absolute Gasteiger partial charge is 0.482 e. The second kappa shape index (κ2) is 16.7. The van der Waals surface area contributed by atoms with E-state index in [4.69, 9.17) is 22.6 Å². The van der Waals surface area contributed by atoms with Gasteiger partial charge in [0.05, 0.1) is 53.9 Å². The number of ketones is 2. The number of carbonyl (C=O) groups is 2. The van der Waals surface area contributed by atoms with Gasteiger partial charge in [0, 0.05) is 52.9 Å². The highest BCUT2D eigenvalue weighted by Gasteiger charge is 2.44. The number of Topliss-reactive ketones (excluding diaryl/α,β-unsaturated/α-hetero) is 2. The van der Waals surface area contributed by atoms with E-state index in [1.807, 2.05) is 13.8 Å². The predicted octanol–water partition coefficient (Wildman–Crippen LogP) is 15.3. The van der Waals surface area contributed by atoms with E-state index in [1.165, 1.54) is 40.1 Å². The fourth-order valence-corrected chi connectivity index (χ4v) is 15.8. The average Bonchev–Trinajstić information content (AvgIpc) is 4.34. The van der Waals surface area contributed by atoms with Crippen molar-refractivity contribution in [2.45, 2.75) is 45.3 Å². The van der Waals surface area contributed by atoms with Gasteiger partial charge in [0.1, 0.15) is 64.6 Å². The number of thiophene rings is 4. The van der Waals surface area contributed by atoms with Crippen molar-refractivity contribution in [3.63, 3.8) is 0 Å². The Labute approximate surface area is 440 Å². The predicted molar refractivity (Wildman–Crippen MR) is 273 cm³/mol. The van der Waals surface area contributed by atoms with Crippen LogP contribution in [0.25, 0.3) is 78.3 Å². The van der Waals surface area contributed by atoms with Gasteiger partial charge in [-0.1, -0.05) is 0 Å². The van der Waals surface area contributed by atoms with E-state index < -0.39 is 75.0 Å². The van der Waals surface area contributed by atoms with Gasteiger partial charge >= 0.3 is 5.82 Å². The van der Waals surface area contributed by atoms with E-state index in [1.54, 1.807) is 50.3 Å². The quantitative estimate of drug-likeness (QED) is 0.0720. The van der Waals surface area contributed by atoms with Crippen LogP contribution in [-0.2, 0) is 17.6 Å². The minimum Gasteiger partial charge on any atom is -0.482 e. The van der Waals surface area contributed by atoms with Crippen LogP contribution in [0.4, 0.5) is 26.3 Å². The largest absolute Gasteiger partial charge is 0.523 e. The topological polar surface area (TPSA) is 135 Å². The van der Waals surface area contributed by atoms with Crippen LogP contribution < -0.4 is 9.47 Å². The first-order valence-electron chi connectivity index (χ1n) is 22.2. The molecule has 0 N–H and O–H groups in total. The second-order valence-electron chi connectivity index (χ2n) is 18.6. The molecule has 0 spiro atoms. The van der Waals surface area contributed by atoms with E-state index in [2.05, 4.69) is 18.4 Å². The highest BCUT2D eigenvalue weighted by atomic mass is 32.1. The summed E-state index contributed by atoms with van der Waals surface area (Å²) >= 11 is 5.55. The highest BCUT2D eigenvalue weighted by Crippen LogP contribution is 2.59. The van der Waals surface area contributed by atoms with Gasteiger partial charge in [-0.05, 0) is 99.8 Å². The van der Waals surface area contributed by atoms with E-state index in [9.17, 15) is 37.7 Å². The van der Waals surface area contributed by atoms with Gasteiger partial charge in [0.15, 0.2) is 46.5 Å². The van der Waals surface area contributed by atoms with Gasteiger partial charge < -0.3 is 9.47 Å². The molecule has 8 aromatic rings. The summed E-state index contributed by atoms with van der Waals surface area (Å²) in [5.74, 6) is -9.37. The Morgan fingerprint density at radius 2 is 1.20 bits per heavy atom. The first kappa shape index (κ1) is 48.0. The third-order valence-electron chi connectivity index (χ3n) is 13.4. The number of nitriles is 2. The van der Waals surface area contributed by atoms with Crippen LogP contribution in [0.2, 0.25) is 0 Å². The number of halogens is 6. The Morgan fingerprint density at radius 3 is 1.81 bits per heavy atom. The van der Waals surface area contributed by atoms with Crippen LogP contribution in [0.3, 0.4) is 0 Å². The van der Waals surface area contributed by atoms with E-state index in [0.717, 1.165) is 47.3 Å². The lowest BCUT2D eigenvalue weighted by atomic mass is 9.93. The summed E-state index contributed by atoms with van der Waals surface area (Å²) in [6.45, 7) is 22.5. The first-order chi connectivity index (χ1) is 35.8. The summed E-state index contributed by atoms with van der Waals surface area (Å²) in [5, 5.41) is 19.6. The molecular weight excluding hydrogens is 1070 g/mol. The lowest BCUT2D eigenvalue weighted by Gasteiger charge is -2.31. The number of rotatable bonds is 5. The maximum absolute atomic E-state index is 17.1. The van der Waals surface area contributed by atoms with Crippen LogP contribution in [0, 0.1) is 76.6 Å². The van der Waals surface area contributed by atoms with E-state index in [0.29, 0.717) is 56.8 Å². The van der Waals surface area contributed by atoms with E-state index >= 15 is 8.78 Å². The SMILES string of the molecule is [C-]#[N+]C([N+]#[C-])=C1c2cc(F)c(F)cc2C(=O)C1Cc1cc2c(s1)-c1sc(-c3c(F)c(F)c(-c4cc5c(s4)-c4sc(/C=C6\C(=O)c7cc(F)c(F)cc7C6=C(C#N)C#N)cc4C(C)(C)O5)c4nsnc34)cc1C(C)(C)O2. The summed E-state index contributed by atoms with van der Waals surface area (Å²) in [5.41, 5.74) is -1.89. The maximum atomic E-state index is 17.1. The lowest BCUT2D eigenvalue weighted by Crippen LogP contribution is -2.27. The van der Waals surface area contributed by atoms with Gasteiger partial charge in [-0.2, -0.15) is 29.0 Å². The van der Waals surface area contributed by atoms with E-state index in [-0.39, 0.29) is 72.4 Å². The first-order valence-corrected chi connectivity index (χ1v) is 26.2. The molecular formula is C54H24F6N6O4S5. The summed E-state index contributed by atoms with van der Waals surface area (Å²) in [6, 6.07) is 13.5. The molecule has 0 saturated carbocycles. The number of ether oxygens (including phenoxy) is 2. The number of fused-ring (bicyclic) bond motifs is 9. The van der Waals surface area contributed by atoms with Crippen molar-refractivity contribution in [1.82, 2.24) is 8.75 Å². The molecule has 7 heterocycles. The van der Waals surface area contributed by atoms with Crippen molar-refractivity contribution in [2.24, 2.45) is 5.92 Å². The van der Waals surface area contributed by atoms with Crippen LogP contribution >= 0.6 is 57.1 Å². The van der Waals surface area contributed by atoms with Crippen LogP contribution in [0.1, 0.15) is 80.4 Å². The Balaban J connectivity index is 0.914. The van der Waals surface area contributed by atoms with Gasteiger partial charge in [-0.25, -0.2) is 26.3 Å². The molecule has 0 saturated heterocycles. The minimum atomic E-state index is -1.27. The third-order valence-corrected chi connectivity index (χ3v) is 18.8. The number of hydrogen-bond donors (Lipinski definition) is 0. The van der Waals surface area contributed by atoms with Crippen LogP contribution in [-0.4, -0.2) is 20.3 Å². The van der Waals surface area contributed by atoms with Crippen LogP contribution in [0.15, 0.2) is 65.5 Å². The maximum Gasteiger partial charge on any atom is 0.523 e. The molecule has 2 aliphatic heterocycles. The Hall–Kier alpha value is -8.02. The van der Waals surface area contributed by atoms with Crippen LogP contribution in [0.5, 0.6) is 11.5 Å². The average molecular weight is 1100 g/mol. The standard InChI is InChI=1S/C54H24F6N6O4S5/c1-53(2)28-9-20(7-26-38(19(17-61)18-62)22-11-30(55)32(57)13-24(22)46(26)67)71-48(28)51-35(70-53)16-37(74-51)41-43(60)42(59)40(44-45(41)66-75-65-44)36-15-29-49(73-36)50-34(69-54(29,3)4)10-21(72-50)8-27-39(52(63-5)64-6)23-12-31(56)33(58)14-25(23)47(27)68/h7,9-16,27H,8H2,1-4H3/b26-7-. The molecule has 5 aromatic heterocycles. The molecule has 1 atom stereocenters. The molecule has 75 heavy (non-hydrogen) atoms. The Kier molecular flexibility index (Phi) is 10.7. The Morgan fingerprint density at radius 1 is 0.680 bits per heavy atom. The monoisotopic (exact) mass is 1090 g/mol. The number of allylic oxidation sites excluding steroid dienone is 4. The third kappa shape index (κ3) is 7.03. The molecule has 0 fully saturated rings. The zero-order chi connectivity index (χ0) is 52.9. The molecule has 0 radical (unpaired) electrons. The molecule has 21 heteroatoms. The van der Waals surface area contributed by atoms with Crippen molar-refractivity contribution in [3.05, 3.63) is 166 Å². The number of nitrogens with zero attached hydrogens (tertiary/aromatic N) is 6. The molecule has 10 nitrogen and oxygen atoms in total. The molecule has 1 unspecified atom stereocenters. The Bertz CT molecular complexity index is 4280. The summed E-state index contributed by atoms with van der Waals surface area (Å²) in [6.07, 6.45) is 1.42. The minimum absolute atomic E-state index is 0.0102. The van der Waals surface area contributed by atoms with Crippen molar-refractivity contribution < 1.29 is 45.4 Å². The van der Waals surface area contributed by atoms with Gasteiger partial charge in [-0.3, -0.25) is 9.59 Å². The van der Waals surface area contributed by atoms with Crippen molar-refractivity contribution >= 4 is 96.9 Å². The van der Waals surface area contributed by atoms with Gasteiger partial charge in [-0.15, -0.1) is 45.3 Å². The highest BCUT2D eigenvalue weighted by molar-refractivity contribution is 7.25. The molecule has 3 aromatic carbocycles. The van der Waals surface area contributed by atoms with Crippen molar-refractivity contribution in [1.29, 1.82) is 10.5 Å². The van der Waals surface area contributed by atoms with Crippen molar-refractivity contribution in [3.8, 4) is 64.0 Å². The summed E-state index contributed by atoms with van der Waals surface area (Å²) in [7, 11) is 0. The lowest BCUT2D eigenvalue weighted by molar-refractivity contribution is 0.0956. The fraction of sp³-hybridized carbons (Fsp3) is 0.148. The molecule has 0 bridgehead atoms. The number of benzene rings is 3. The molecule has 2 aliphatic carbocycles. The number of aromatic nitrogens is 2. The normalized spacial score (nSPS) is 16.7. The molecule has 12 rings (SSSR count). The molecule has 0 amide bonds. The fourth-order valence-electron chi connectivity index (χ4n) is 10.1. The second-order valence-corrected chi connectivity index (χ2v) is 23.4. The van der Waals surface area contributed by atoms with Crippen molar-refractivity contribution in [2.75, 3.05) is 0 Å². The van der Waals surface area contributed by atoms with Gasteiger partial charge in [0.2, 0.25) is 0 Å². The molecule has 4 aliphatic rings. The summed E-state index contributed by atoms with van der Waals surface area (Å²) < 4.78 is 114.